The van der Waals surface area contributed by atoms with Crippen molar-refractivity contribution in [2.75, 3.05) is 0 Å². The first-order chi connectivity index (χ1) is 6.84. The average Bonchev–Trinajstić information content (AvgIpc) is 1.99. The van der Waals surface area contributed by atoms with Crippen LogP contribution in [-0.2, 0) is 0 Å². The van der Waals surface area contributed by atoms with Crippen molar-refractivity contribution in [2.45, 2.75) is 11.4 Å². The van der Waals surface area contributed by atoms with Crippen LogP contribution in [0.2, 0.25) is 0 Å². The monoisotopic (exact) mass is 242 g/mol. The van der Waals surface area contributed by atoms with Gasteiger partial charge in [-0.15, -0.1) is 0 Å². The number of benzene rings is 1. The van der Waals surface area contributed by atoms with Gasteiger partial charge < -0.3 is 0 Å². The topological polar surface area (TPSA) is 38.0 Å². The Morgan fingerprint density at radius 2 is 1.67 bits per heavy atom. The molecule has 84 valence electrons. The molecule has 0 amide bonds. The molecule has 0 saturated heterocycles. The van der Waals surface area contributed by atoms with Gasteiger partial charge in [0.15, 0.2) is 0 Å². The highest BCUT2D eigenvalue weighted by molar-refractivity contribution is 6.22. The van der Waals surface area contributed by atoms with E-state index in [0.717, 1.165) is 12.1 Å². The zero-order valence-corrected chi connectivity index (χ0v) is 8.03. The fraction of sp³-hybridized carbons (Fsp3) is 0.250. The highest BCUT2D eigenvalue weighted by Gasteiger charge is 2.38. The minimum absolute atomic E-state index is 0.366. The van der Waals surface area contributed by atoms with E-state index in [-0.39, 0.29) is 5.56 Å². The highest BCUT2D eigenvalue weighted by atomic mass is 35.5. The van der Waals surface area contributed by atoms with Crippen LogP contribution in [0.4, 0.5) is 17.6 Å². The quantitative estimate of drug-likeness (QED) is 0.369. The Labute approximate surface area is 88.0 Å². The molecule has 1 aromatic rings. The molecule has 0 aliphatic heterocycles. The standard InChI is InChI=1S/C8H7ClF4N2/c9-8(12,13)7(15-14)4-1-5(10)3-6(11)2-4/h1-3,7,15H,14H2. The molecule has 0 aromatic heterocycles. The lowest BCUT2D eigenvalue weighted by molar-refractivity contribution is 0.0495. The Morgan fingerprint density at radius 3 is 2.00 bits per heavy atom. The minimum Gasteiger partial charge on any atom is -0.271 e. The van der Waals surface area contributed by atoms with Gasteiger partial charge in [-0.3, -0.25) is 5.84 Å². The number of hydrazine groups is 1. The molecule has 0 aliphatic rings. The second-order valence-corrected chi connectivity index (χ2v) is 3.35. The third-order valence-electron chi connectivity index (χ3n) is 1.71. The predicted molar refractivity (Wildman–Crippen MR) is 47.2 cm³/mol. The maximum Gasteiger partial charge on any atom is 0.342 e. The number of rotatable bonds is 3. The van der Waals surface area contributed by atoms with E-state index in [1.54, 1.807) is 5.43 Å². The fourth-order valence-corrected chi connectivity index (χ4v) is 1.31. The summed E-state index contributed by atoms with van der Waals surface area (Å²) in [6.45, 7) is 0. The number of alkyl halides is 3. The Kier molecular flexibility index (Phi) is 3.54. The molecule has 1 aromatic carbocycles. The van der Waals surface area contributed by atoms with E-state index in [2.05, 4.69) is 0 Å². The van der Waals surface area contributed by atoms with E-state index >= 15 is 0 Å². The summed E-state index contributed by atoms with van der Waals surface area (Å²) in [5.74, 6) is 2.87. The number of nitrogens with two attached hydrogens (primary N) is 1. The summed E-state index contributed by atoms with van der Waals surface area (Å²) in [6.07, 6.45) is 0. The van der Waals surface area contributed by atoms with Gasteiger partial charge in [0.25, 0.3) is 0 Å². The van der Waals surface area contributed by atoms with Gasteiger partial charge >= 0.3 is 5.38 Å². The smallest absolute Gasteiger partial charge is 0.271 e. The van der Waals surface area contributed by atoms with Crippen molar-refractivity contribution in [3.8, 4) is 0 Å². The van der Waals surface area contributed by atoms with Crippen LogP contribution in [-0.4, -0.2) is 5.38 Å². The summed E-state index contributed by atoms with van der Waals surface area (Å²) in [4.78, 5) is 0. The van der Waals surface area contributed by atoms with Gasteiger partial charge in [0, 0.05) is 6.07 Å². The van der Waals surface area contributed by atoms with Crippen molar-refractivity contribution in [2.24, 2.45) is 5.84 Å². The van der Waals surface area contributed by atoms with Crippen molar-refractivity contribution in [1.82, 2.24) is 5.43 Å². The zero-order chi connectivity index (χ0) is 11.6. The average molecular weight is 243 g/mol. The first-order valence-electron chi connectivity index (χ1n) is 3.83. The molecule has 1 rings (SSSR count). The maximum atomic E-state index is 12.7. The Balaban J connectivity index is 3.13. The third kappa shape index (κ3) is 3.05. The predicted octanol–water partition coefficient (Wildman–Crippen LogP) is 2.30. The summed E-state index contributed by atoms with van der Waals surface area (Å²) in [7, 11) is 0. The van der Waals surface area contributed by atoms with Gasteiger partial charge in [-0.1, -0.05) is 0 Å². The van der Waals surface area contributed by atoms with Crippen LogP contribution in [0, 0.1) is 11.6 Å². The van der Waals surface area contributed by atoms with Crippen molar-refractivity contribution in [3.63, 3.8) is 0 Å². The van der Waals surface area contributed by atoms with Crippen LogP contribution in [0.25, 0.3) is 0 Å². The fourth-order valence-electron chi connectivity index (χ4n) is 1.12. The van der Waals surface area contributed by atoms with Crippen LogP contribution < -0.4 is 11.3 Å². The Hall–Kier alpha value is -0.850. The van der Waals surface area contributed by atoms with E-state index in [4.69, 9.17) is 17.4 Å². The van der Waals surface area contributed by atoms with Crippen molar-refractivity contribution in [3.05, 3.63) is 35.4 Å². The van der Waals surface area contributed by atoms with Gasteiger partial charge in [-0.05, 0) is 29.3 Å². The SMILES string of the molecule is NNC(c1cc(F)cc(F)c1)C(F)(F)Cl. The molecule has 0 heterocycles. The molecule has 0 spiro atoms. The van der Waals surface area contributed by atoms with E-state index < -0.39 is 23.1 Å². The van der Waals surface area contributed by atoms with Crippen molar-refractivity contribution < 1.29 is 17.6 Å². The normalized spacial score (nSPS) is 14.0. The highest BCUT2D eigenvalue weighted by Crippen LogP contribution is 2.34. The number of hydrogen-bond donors (Lipinski definition) is 2. The second kappa shape index (κ2) is 4.34. The first kappa shape index (κ1) is 12.2. The van der Waals surface area contributed by atoms with Crippen molar-refractivity contribution in [1.29, 1.82) is 0 Å². The van der Waals surface area contributed by atoms with E-state index in [9.17, 15) is 17.6 Å². The van der Waals surface area contributed by atoms with Crippen LogP contribution in [0.1, 0.15) is 11.6 Å². The van der Waals surface area contributed by atoms with Crippen LogP contribution >= 0.6 is 11.6 Å². The van der Waals surface area contributed by atoms with E-state index in [1.165, 1.54) is 0 Å². The van der Waals surface area contributed by atoms with Gasteiger partial charge in [0.05, 0.1) is 0 Å². The summed E-state index contributed by atoms with van der Waals surface area (Å²) in [5, 5.41) is -3.74. The van der Waals surface area contributed by atoms with E-state index in [1.807, 2.05) is 0 Å². The first-order valence-corrected chi connectivity index (χ1v) is 4.21. The minimum atomic E-state index is -3.74. The molecule has 0 aliphatic carbocycles. The molecule has 15 heavy (non-hydrogen) atoms. The summed E-state index contributed by atoms with van der Waals surface area (Å²) in [5.41, 5.74) is 1.33. The van der Waals surface area contributed by atoms with Gasteiger partial charge in [-0.25, -0.2) is 14.2 Å². The number of hydrogen-bond acceptors (Lipinski definition) is 2. The Bertz CT molecular complexity index is 333. The molecule has 0 bridgehead atoms. The molecule has 0 saturated carbocycles. The lowest BCUT2D eigenvalue weighted by atomic mass is 10.1. The Morgan fingerprint density at radius 1 is 1.20 bits per heavy atom. The van der Waals surface area contributed by atoms with Crippen LogP contribution in [0.3, 0.4) is 0 Å². The summed E-state index contributed by atoms with van der Waals surface area (Å²) in [6, 6.07) is 0.154. The van der Waals surface area contributed by atoms with Crippen LogP contribution in [0.15, 0.2) is 18.2 Å². The number of nitrogens with one attached hydrogen (secondary N) is 1. The molecular formula is C8H7ClF4N2. The lowest BCUT2D eigenvalue weighted by Crippen LogP contribution is -2.37. The lowest BCUT2D eigenvalue weighted by Gasteiger charge is -2.20. The largest absolute Gasteiger partial charge is 0.342 e. The second-order valence-electron chi connectivity index (χ2n) is 2.84. The zero-order valence-electron chi connectivity index (χ0n) is 7.28. The molecule has 0 fully saturated rings. The maximum absolute atomic E-state index is 12.7. The molecule has 3 N–H and O–H groups in total. The summed E-state index contributed by atoms with van der Waals surface area (Å²) >= 11 is 4.72. The van der Waals surface area contributed by atoms with Gasteiger partial charge in [-0.2, -0.15) is 8.78 Å². The molecule has 1 atom stereocenters. The molecule has 7 heteroatoms. The molecule has 1 unspecified atom stereocenters. The third-order valence-corrected chi connectivity index (χ3v) is 1.93. The summed E-state index contributed by atoms with van der Waals surface area (Å²) < 4.78 is 50.9. The van der Waals surface area contributed by atoms with Gasteiger partial charge in [0.2, 0.25) is 0 Å². The number of halogens is 5. The molecular weight excluding hydrogens is 236 g/mol. The molecule has 0 radical (unpaired) electrons. The van der Waals surface area contributed by atoms with Gasteiger partial charge in [0.1, 0.15) is 17.7 Å². The van der Waals surface area contributed by atoms with Crippen LogP contribution in [0.5, 0.6) is 0 Å². The van der Waals surface area contributed by atoms with E-state index in [0.29, 0.717) is 6.07 Å². The van der Waals surface area contributed by atoms with Crippen molar-refractivity contribution >= 4 is 11.6 Å². The molecule has 2 nitrogen and oxygen atoms in total.